The number of carbonyl (C=O) groups excluding carboxylic acids is 1. The number of benzene rings is 2. The van der Waals surface area contributed by atoms with Gasteiger partial charge in [-0.25, -0.2) is 4.39 Å². The number of fused-ring (bicyclic) bond motifs is 1. The Kier molecular flexibility index (Phi) is 6.03. The van der Waals surface area contributed by atoms with E-state index in [0.29, 0.717) is 6.54 Å². The molecule has 1 heterocycles. The SMILES string of the molecule is CCc1ccc2c(CC(=O)NNC(=S)NCc3ccc(F)cc3)coc2c1. The minimum absolute atomic E-state index is 0.173. The first kappa shape index (κ1) is 18.8. The van der Waals surface area contributed by atoms with Crippen molar-refractivity contribution in [1.82, 2.24) is 16.2 Å². The molecule has 27 heavy (non-hydrogen) atoms. The molecule has 5 nitrogen and oxygen atoms in total. The predicted molar refractivity (Wildman–Crippen MR) is 106 cm³/mol. The molecular weight excluding hydrogens is 365 g/mol. The Morgan fingerprint density at radius 3 is 2.59 bits per heavy atom. The third-order valence-electron chi connectivity index (χ3n) is 4.16. The molecule has 3 N–H and O–H groups in total. The van der Waals surface area contributed by atoms with Gasteiger partial charge in [0.1, 0.15) is 11.4 Å². The van der Waals surface area contributed by atoms with Crippen LogP contribution in [0.1, 0.15) is 23.6 Å². The molecule has 3 aromatic rings. The minimum atomic E-state index is -0.288. The van der Waals surface area contributed by atoms with Crippen LogP contribution < -0.4 is 16.2 Å². The van der Waals surface area contributed by atoms with Gasteiger partial charge in [0, 0.05) is 17.5 Å². The lowest BCUT2D eigenvalue weighted by molar-refractivity contribution is -0.121. The fraction of sp³-hybridized carbons (Fsp3) is 0.200. The van der Waals surface area contributed by atoms with Crippen molar-refractivity contribution < 1.29 is 13.6 Å². The molecule has 2 aromatic carbocycles. The number of aryl methyl sites for hydroxylation is 1. The Balaban J connectivity index is 1.48. The Morgan fingerprint density at radius 1 is 1.11 bits per heavy atom. The van der Waals surface area contributed by atoms with Crippen molar-refractivity contribution >= 4 is 34.2 Å². The monoisotopic (exact) mass is 385 g/mol. The van der Waals surface area contributed by atoms with E-state index in [-0.39, 0.29) is 23.3 Å². The maximum Gasteiger partial charge on any atom is 0.242 e. The molecule has 0 bridgehead atoms. The van der Waals surface area contributed by atoms with Gasteiger partial charge in [-0.05, 0) is 48.0 Å². The molecule has 0 aliphatic rings. The molecule has 7 heteroatoms. The van der Waals surface area contributed by atoms with Gasteiger partial charge in [-0.15, -0.1) is 0 Å². The highest BCUT2D eigenvalue weighted by Gasteiger charge is 2.11. The summed E-state index contributed by atoms with van der Waals surface area (Å²) in [4.78, 5) is 12.1. The molecule has 1 aromatic heterocycles. The number of hydrogen-bond donors (Lipinski definition) is 3. The number of rotatable bonds is 5. The van der Waals surface area contributed by atoms with Gasteiger partial charge in [0.2, 0.25) is 5.91 Å². The molecule has 0 radical (unpaired) electrons. The van der Waals surface area contributed by atoms with Gasteiger partial charge in [-0.3, -0.25) is 15.6 Å². The Bertz CT molecular complexity index is 954. The van der Waals surface area contributed by atoms with Crippen molar-refractivity contribution in [3.8, 4) is 0 Å². The number of hydrogen-bond acceptors (Lipinski definition) is 3. The van der Waals surface area contributed by atoms with E-state index in [1.807, 2.05) is 18.2 Å². The van der Waals surface area contributed by atoms with Crippen molar-refractivity contribution in [2.24, 2.45) is 0 Å². The molecule has 0 saturated carbocycles. The second-order valence-electron chi connectivity index (χ2n) is 6.10. The minimum Gasteiger partial charge on any atom is -0.464 e. The standard InChI is InChI=1S/C20H20FN3O2S/c1-2-13-5-8-17-15(12-26-18(17)9-13)10-19(25)23-24-20(27)22-11-14-3-6-16(21)7-4-14/h3-9,12H,2,10-11H2,1H3,(H,23,25)(H2,22,24,27). The lowest BCUT2D eigenvalue weighted by Gasteiger charge is -2.11. The summed E-state index contributed by atoms with van der Waals surface area (Å²) in [6.45, 7) is 2.51. The average molecular weight is 385 g/mol. The Hall–Kier alpha value is -2.93. The second kappa shape index (κ2) is 8.64. The number of nitrogens with one attached hydrogen (secondary N) is 3. The van der Waals surface area contributed by atoms with Crippen molar-refractivity contribution in [3.63, 3.8) is 0 Å². The maximum atomic E-state index is 12.9. The summed E-state index contributed by atoms with van der Waals surface area (Å²) in [5.74, 6) is -0.521. The number of thiocarbonyl (C=S) groups is 1. The van der Waals surface area contributed by atoms with Gasteiger partial charge in [-0.2, -0.15) is 0 Å². The largest absolute Gasteiger partial charge is 0.464 e. The van der Waals surface area contributed by atoms with E-state index >= 15 is 0 Å². The first-order chi connectivity index (χ1) is 13.0. The van der Waals surface area contributed by atoms with Crippen LogP contribution in [0.2, 0.25) is 0 Å². The van der Waals surface area contributed by atoms with Crippen molar-refractivity contribution in [1.29, 1.82) is 0 Å². The fourth-order valence-corrected chi connectivity index (χ4v) is 2.78. The van der Waals surface area contributed by atoms with Crippen LogP contribution in [0.15, 0.2) is 53.1 Å². The van der Waals surface area contributed by atoms with E-state index in [9.17, 15) is 9.18 Å². The van der Waals surface area contributed by atoms with Crippen LogP contribution >= 0.6 is 12.2 Å². The van der Waals surface area contributed by atoms with Gasteiger partial charge in [0.15, 0.2) is 5.11 Å². The zero-order chi connectivity index (χ0) is 19.2. The van der Waals surface area contributed by atoms with Gasteiger partial charge in [0.05, 0.1) is 12.7 Å². The number of carbonyl (C=O) groups is 1. The Morgan fingerprint density at radius 2 is 1.85 bits per heavy atom. The highest BCUT2D eigenvalue weighted by atomic mass is 32.1. The molecule has 0 aliphatic heterocycles. The molecule has 3 rings (SSSR count). The molecule has 0 aliphatic carbocycles. The zero-order valence-electron chi connectivity index (χ0n) is 14.8. The summed E-state index contributed by atoms with van der Waals surface area (Å²) in [5.41, 5.74) is 8.88. The molecule has 0 saturated heterocycles. The summed E-state index contributed by atoms with van der Waals surface area (Å²) in [7, 11) is 0. The van der Waals surface area contributed by atoms with Crippen LogP contribution in [0.3, 0.4) is 0 Å². The summed E-state index contributed by atoms with van der Waals surface area (Å²) in [6.07, 6.45) is 2.71. The topological polar surface area (TPSA) is 66.3 Å². The quantitative estimate of drug-likeness (QED) is 0.464. The fourth-order valence-electron chi connectivity index (χ4n) is 2.66. The second-order valence-corrected chi connectivity index (χ2v) is 6.51. The number of furan rings is 1. The summed E-state index contributed by atoms with van der Waals surface area (Å²) in [5, 5.41) is 4.14. The van der Waals surface area contributed by atoms with E-state index < -0.39 is 0 Å². The molecule has 0 spiro atoms. The summed E-state index contributed by atoms with van der Waals surface area (Å²) in [6, 6.07) is 12.1. The van der Waals surface area contributed by atoms with Crippen LogP contribution in [-0.2, 0) is 24.2 Å². The van der Waals surface area contributed by atoms with Crippen molar-refractivity contribution in [2.75, 3.05) is 0 Å². The normalized spacial score (nSPS) is 10.6. The predicted octanol–water partition coefficient (Wildman–Crippen LogP) is 3.37. The van der Waals surface area contributed by atoms with E-state index in [4.69, 9.17) is 16.6 Å². The van der Waals surface area contributed by atoms with Crippen LogP contribution in [0, 0.1) is 5.82 Å². The number of halogens is 1. The van der Waals surface area contributed by atoms with E-state index in [0.717, 1.165) is 28.5 Å². The van der Waals surface area contributed by atoms with Gasteiger partial charge in [0.25, 0.3) is 0 Å². The third-order valence-corrected chi connectivity index (χ3v) is 4.41. The van der Waals surface area contributed by atoms with Gasteiger partial charge < -0.3 is 9.73 Å². The highest BCUT2D eigenvalue weighted by molar-refractivity contribution is 7.80. The summed E-state index contributed by atoms with van der Waals surface area (Å²) < 4.78 is 18.4. The lowest BCUT2D eigenvalue weighted by Crippen LogP contribution is -2.47. The molecule has 0 unspecified atom stereocenters. The van der Waals surface area contributed by atoms with Crippen LogP contribution in [-0.4, -0.2) is 11.0 Å². The first-order valence-corrected chi connectivity index (χ1v) is 9.02. The van der Waals surface area contributed by atoms with Crippen LogP contribution in [0.5, 0.6) is 0 Å². The lowest BCUT2D eigenvalue weighted by atomic mass is 10.1. The maximum absolute atomic E-state index is 12.9. The molecule has 1 amide bonds. The van der Waals surface area contributed by atoms with Crippen LogP contribution in [0.4, 0.5) is 4.39 Å². The smallest absolute Gasteiger partial charge is 0.242 e. The van der Waals surface area contributed by atoms with E-state index in [1.165, 1.54) is 17.7 Å². The van der Waals surface area contributed by atoms with Crippen molar-refractivity contribution in [3.05, 3.63) is 71.2 Å². The van der Waals surface area contributed by atoms with Crippen LogP contribution in [0.25, 0.3) is 11.0 Å². The van der Waals surface area contributed by atoms with Crippen molar-refractivity contribution in [2.45, 2.75) is 26.3 Å². The van der Waals surface area contributed by atoms with E-state index in [2.05, 4.69) is 23.1 Å². The molecule has 140 valence electrons. The number of hydrazine groups is 1. The zero-order valence-corrected chi connectivity index (χ0v) is 15.7. The average Bonchev–Trinajstić information content (AvgIpc) is 3.07. The van der Waals surface area contributed by atoms with E-state index in [1.54, 1.807) is 18.4 Å². The Labute approximate surface area is 161 Å². The summed E-state index contributed by atoms with van der Waals surface area (Å²) >= 11 is 5.12. The first-order valence-electron chi connectivity index (χ1n) is 8.61. The number of amides is 1. The highest BCUT2D eigenvalue weighted by Crippen LogP contribution is 2.23. The molecule has 0 fully saturated rings. The van der Waals surface area contributed by atoms with Gasteiger partial charge >= 0.3 is 0 Å². The molecule has 0 atom stereocenters. The third kappa shape index (κ3) is 5.04. The molecular formula is C20H20FN3O2S. The van der Waals surface area contributed by atoms with Gasteiger partial charge in [-0.1, -0.05) is 31.2 Å².